The largest absolute Gasteiger partial charge is 0.395 e. The van der Waals surface area contributed by atoms with Gasteiger partial charge in [-0.15, -0.1) is 0 Å². The Hall–Kier alpha value is -0.910. The molecule has 0 spiro atoms. The van der Waals surface area contributed by atoms with Gasteiger partial charge in [0.25, 0.3) is 0 Å². The van der Waals surface area contributed by atoms with Crippen molar-refractivity contribution in [1.29, 1.82) is 0 Å². The molecule has 1 aliphatic rings. The zero-order valence-corrected chi connectivity index (χ0v) is 10.5. The lowest BCUT2D eigenvalue weighted by Gasteiger charge is -2.34. The van der Waals surface area contributed by atoms with Crippen molar-refractivity contribution in [1.82, 2.24) is 19.4 Å². The van der Waals surface area contributed by atoms with Gasteiger partial charge in [0.15, 0.2) is 0 Å². The van der Waals surface area contributed by atoms with Gasteiger partial charge in [-0.1, -0.05) is 0 Å². The van der Waals surface area contributed by atoms with E-state index in [9.17, 15) is 0 Å². The van der Waals surface area contributed by atoms with Crippen molar-refractivity contribution in [2.45, 2.75) is 20.0 Å². The summed E-state index contributed by atoms with van der Waals surface area (Å²) in [5.41, 5.74) is 1.29. The normalized spacial score (nSPS) is 18.7. The molecule has 1 aromatic heterocycles. The standard InChI is InChI=1S/C12H22N4O/c1-2-16-11-13-9-12(16)10-15-5-3-14(4-6-15)7-8-17/h9,11,17H,2-8,10H2,1H3. The predicted octanol–water partition coefficient (Wildman–Crippen LogP) is 0.0129. The van der Waals surface area contributed by atoms with Crippen molar-refractivity contribution >= 4 is 0 Å². The van der Waals surface area contributed by atoms with E-state index in [1.165, 1.54) is 5.69 Å². The van der Waals surface area contributed by atoms with E-state index in [0.717, 1.165) is 45.8 Å². The number of aryl methyl sites for hydroxylation is 1. The van der Waals surface area contributed by atoms with Gasteiger partial charge in [-0.05, 0) is 6.92 Å². The van der Waals surface area contributed by atoms with Gasteiger partial charge >= 0.3 is 0 Å². The van der Waals surface area contributed by atoms with Crippen LogP contribution in [0.4, 0.5) is 0 Å². The maximum absolute atomic E-state index is 8.89. The molecule has 2 rings (SSSR count). The molecule has 0 unspecified atom stereocenters. The number of piperazine rings is 1. The van der Waals surface area contributed by atoms with E-state index in [2.05, 4.69) is 26.3 Å². The molecule has 0 radical (unpaired) electrons. The van der Waals surface area contributed by atoms with Crippen LogP contribution in [0.3, 0.4) is 0 Å². The topological polar surface area (TPSA) is 44.5 Å². The molecule has 5 heteroatoms. The Morgan fingerprint density at radius 3 is 2.59 bits per heavy atom. The lowest BCUT2D eigenvalue weighted by molar-refractivity contribution is 0.107. The Labute approximate surface area is 103 Å². The molecule has 1 aromatic rings. The number of rotatable bonds is 5. The molecule has 5 nitrogen and oxygen atoms in total. The first-order chi connectivity index (χ1) is 8.33. The maximum Gasteiger partial charge on any atom is 0.0948 e. The second-order valence-electron chi connectivity index (χ2n) is 4.51. The summed E-state index contributed by atoms with van der Waals surface area (Å²) in [6, 6.07) is 0. The highest BCUT2D eigenvalue weighted by atomic mass is 16.3. The first kappa shape index (κ1) is 12.5. The van der Waals surface area contributed by atoms with Gasteiger partial charge in [0.1, 0.15) is 0 Å². The summed E-state index contributed by atoms with van der Waals surface area (Å²) < 4.78 is 2.19. The van der Waals surface area contributed by atoms with Gasteiger partial charge in [-0.25, -0.2) is 4.98 Å². The summed E-state index contributed by atoms with van der Waals surface area (Å²) in [6.07, 6.45) is 3.86. The van der Waals surface area contributed by atoms with E-state index < -0.39 is 0 Å². The van der Waals surface area contributed by atoms with Gasteiger partial charge in [0, 0.05) is 52.0 Å². The number of imidazole rings is 1. The van der Waals surface area contributed by atoms with Crippen molar-refractivity contribution in [2.24, 2.45) is 0 Å². The van der Waals surface area contributed by atoms with Crippen LogP contribution in [0.25, 0.3) is 0 Å². The minimum absolute atomic E-state index is 0.266. The van der Waals surface area contributed by atoms with Crippen LogP contribution < -0.4 is 0 Å². The molecule has 1 aliphatic heterocycles. The van der Waals surface area contributed by atoms with Crippen LogP contribution in [0.1, 0.15) is 12.6 Å². The molecule has 1 saturated heterocycles. The minimum Gasteiger partial charge on any atom is -0.395 e. The van der Waals surface area contributed by atoms with Crippen LogP contribution in [-0.4, -0.2) is 63.8 Å². The zero-order valence-electron chi connectivity index (χ0n) is 10.5. The molecule has 0 amide bonds. The Morgan fingerprint density at radius 2 is 1.94 bits per heavy atom. The number of β-amino-alcohol motifs (C(OH)–C–C–N with tert-alkyl or cyclic N) is 1. The zero-order chi connectivity index (χ0) is 12.1. The van der Waals surface area contributed by atoms with Crippen LogP contribution in [0.2, 0.25) is 0 Å². The smallest absolute Gasteiger partial charge is 0.0948 e. The average Bonchev–Trinajstić information content (AvgIpc) is 2.79. The Morgan fingerprint density at radius 1 is 1.24 bits per heavy atom. The van der Waals surface area contributed by atoms with Gasteiger partial charge in [-0.2, -0.15) is 0 Å². The van der Waals surface area contributed by atoms with Crippen LogP contribution >= 0.6 is 0 Å². The second kappa shape index (κ2) is 6.14. The molecular formula is C12H22N4O. The number of aliphatic hydroxyl groups is 1. The first-order valence-electron chi connectivity index (χ1n) is 6.38. The van der Waals surface area contributed by atoms with Crippen molar-refractivity contribution < 1.29 is 5.11 Å². The fourth-order valence-corrected chi connectivity index (χ4v) is 2.31. The molecule has 1 N–H and O–H groups in total. The summed E-state index contributed by atoms with van der Waals surface area (Å²) in [5, 5.41) is 8.89. The van der Waals surface area contributed by atoms with Crippen LogP contribution in [0, 0.1) is 0 Å². The predicted molar refractivity (Wildman–Crippen MR) is 66.7 cm³/mol. The quantitative estimate of drug-likeness (QED) is 0.785. The van der Waals surface area contributed by atoms with E-state index in [1.807, 2.05) is 12.5 Å². The van der Waals surface area contributed by atoms with E-state index in [0.29, 0.717) is 0 Å². The third-order valence-corrected chi connectivity index (χ3v) is 3.41. The molecule has 0 aliphatic carbocycles. The van der Waals surface area contributed by atoms with E-state index in [-0.39, 0.29) is 6.61 Å². The Kier molecular flexibility index (Phi) is 4.53. The molecule has 0 aromatic carbocycles. The van der Waals surface area contributed by atoms with E-state index >= 15 is 0 Å². The van der Waals surface area contributed by atoms with Crippen molar-refractivity contribution in [3.05, 3.63) is 18.2 Å². The fourth-order valence-electron chi connectivity index (χ4n) is 2.31. The SMILES string of the molecule is CCn1cncc1CN1CCN(CCO)CC1. The van der Waals surface area contributed by atoms with E-state index in [1.54, 1.807) is 0 Å². The first-order valence-corrected chi connectivity index (χ1v) is 6.38. The van der Waals surface area contributed by atoms with Crippen molar-refractivity contribution in [2.75, 3.05) is 39.3 Å². The number of aliphatic hydroxyl groups excluding tert-OH is 1. The number of hydrogen-bond acceptors (Lipinski definition) is 4. The number of hydrogen-bond donors (Lipinski definition) is 1. The molecule has 17 heavy (non-hydrogen) atoms. The lowest BCUT2D eigenvalue weighted by atomic mass is 10.3. The van der Waals surface area contributed by atoms with Crippen molar-refractivity contribution in [3.63, 3.8) is 0 Å². The highest BCUT2D eigenvalue weighted by Gasteiger charge is 2.17. The maximum atomic E-state index is 8.89. The van der Waals surface area contributed by atoms with Gasteiger partial charge in [0.2, 0.25) is 0 Å². The number of nitrogens with zero attached hydrogens (tertiary/aromatic N) is 4. The molecule has 96 valence electrons. The third-order valence-electron chi connectivity index (χ3n) is 3.41. The highest BCUT2D eigenvalue weighted by Crippen LogP contribution is 2.08. The fraction of sp³-hybridized carbons (Fsp3) is 0.750. The molecule has 1 fully saturated rings. The monoisotopic (exact) mass is 238 g/mol. The molecule has 0 atom stereocenters. The summed E-state index contributed by atoms with van der Waals surface area (Å²) >= 11 is 0. The van der Waals surface area contributed by atoms with Crippen LogP contribution in [-0.2, 0) is 13.1 Å². The average molecular weight is 238 g/mol. The van der Waals surface area contributed by atoms with Crippen LogP contribution in [0.5, 0.6) is 0 Å². The molecule has 0 bridgehead atoms. The summed E-state index contributed by atoms with van der Waals surface area (Å²) in [7, 11) is 0. The lowest BCUT2D eigenvalue weighted by Crippen LogP contribution is -2.46. The van der Waals surface area contributed by atoms with Crippen LogP contribution in [0.15, 0.2) is 12.5 Å². The minimum atomic E-state index is 0.266. The summed E-state index contributed by atoms with van der Waals surface area (Å²) in [4.78, 5) is 8.96. The van der Waals surface area contributed by atoms with Gasteiger partial charge in [0.05, 0.1) is 18.6 Å². The van der Waals surface area contributed by atoms with Gasteiger partial charge in [-0.3, -0.25) is 9.80 Å². The molecular weight excluding hydrogens is 216 g/mol. The summed E-state index contributed by atoms with van der Waals surface area (Å²) in [6.45, 7) is 9.46. The Bertz CT molecular complexity index is 331. The summed E-state index contributed by atoms with van der Waals surface area (Å²) in [5.74, 6) is 0. The van der Waals surface area contributed by atoms with Crippen molar-refractivity contribution in [3.8, 4) is 0 Å². The van der Waals surface area contributed by atoms with Gasteiger partial charge < -0.3 is 9.67 Å². The second-order valence-corrected chi connectivity index (χ2v) is 4.51. The molecule has 2 heterocycles. The molecule has 0 saturated carbocycles. The number of aromatic nitrogens is 2. The Balaban J connectivity index is 1.82. The third kappa shape index (κ3) is 3.28. The van der Waals surface area contributed by atoms with E-state index in [4.69, 9.17) is 5.11 Å². The highest BCUT2D eigenvalue weighted by molar-refractivity contribution is 4.98.